The molecule has 0 radical (unpaired) electrons. The van der Waals surface area contributed by atoms with Gasteiger partial charge in [0, 0.05) is 11.1 Å². The predicted molar refractivity (Wildman–Crippen MR) is 146 cm³/mol. The van der Waals surface area contributed by atoms with Crippen LogP contribution in [0.3, 0.4) is 0 Å². The van der Waals surface area contributed by atoms with Gasteiger partial charge in [-0.25, -0.2) is 4.79 Å². The number of halogens is 1. The van der Waals surface area contributed by atoms with Gasteiger partial charge >= 0.3 is 6.09 Å². The van der Waals surface area contributed by atoms with Crippen molar-refractivity contribution in [2.45, 2.75) is 79.0 Å². The molecule has 37 heavy (non-hydrogen) atoms. The van der Waals surface area contributed by atoms with Gasteiger partial charge in [0.15, 0.2) is 0 Å². The Kier molecular flexibility index (Phi) is 9.60. The summed E-state index contributed by atoms with van der Waals surface area (Å²) < 4.78 is 5.26. The molecule has 9 heteroatoms. The summed E-state index contributed by atoms with van der Waals surface area (Å²) in [4.78, 5) is 41.3. The molecular formula is C28H38ClN3O5. The van der Waals surface area contributed by atoms with Crippen LogP contribution < -0.4 is 10.6 Å². The molecule has 2 rings (SSSR count). The van der Waals surface area contributed by atoms with Gasteiger partial charge in [0.1, 0.15) is 23.9 Å². The van der Waals surface area contributed by atoms with Crippen molar-refractivity contribution in [3.8, 4) is 5.75 Å². The van der Waals surface area contributed by atoms with Crippen molar-refractivity contribution in [2.75, 3.05) is 11.9 Å². The van der Waals surface area contributed by atoms with Gasteiger partial charge in [0.2, 0.25) is 5.91 Å². The first-order valence-corrected chi connectivity index (χ1v) is 12.6. The van der Waals surface area contributed by atoms with Crippen molar-refractivity contribution in [3.63, 3.8) is 0 Å². The summed E-state index contributed by atoms with van der Waals surface area (Å²) in [6.07, 6.45) is -0.256. The molecule has 0 aliphatic rings. The van der Waals surface area contributed by atoms with Crippen LogP contribution in [0, 0.1) is 13.8 Å². The van der Waals surface area contributed by atoms with Crippen molar-refractivity contribution in [2.24, 2.45) is 0 Å². The lowest BCUT2D eigenvalue weighted by molar-refractivity contribution is -0.145. The van der Waals surface area contributed by atoms with Gasteiger partial charge in [-0.2, -0.15) is 0 Å². The van der Waals surface area contributed by atoms with Crippen molar-refractivity contribution in [3.05, 3.63) is 58.1 Å². The van der Waals surface area contributed by atoms with E-state index in [1.165, 1.54) is 4.90 Å². The number of nitrogens with one attached hydrogen (secondary N) is 2. The Labute approximate surface area is 224 Å². The lowest BCUT2D eigenvalue weighted by atomic mass is 9.91. The predicted octanol–water partition coefficient (Wildman–Crippen LogP) is 5.88. The van der Waals surface area contributed by atoms with Crippen LogP contribution in [-0.4, -0.2) is 45.6 Å². The highest BCUT2D eigenvalue weighted by Crippen LogP contribution is 2.38. The van der Waals surface area contributed by atoms with Crippen LogP contribution in [-0.2, 0) is 14.3 Å². The standard InChI is InChI=1S/C28H38ClN3O5/c1-9-28(7,8)32(21(33)16-30-26(36)37-27(4,5)6)23(19-14-10-13-18(3)24(19)34)25(35)31-22-17(2)12-11-15-20(22)29/h10-15,23,34H,9,16H2,1-8H3,(H,30,36)(H,31,35). The Balaban J connectivity index is 2.58. The number of phenols is 1. The summed E-state index contributed by atoms with van der Waals surface area (Å²) in [5.74, 6) is -1.16. The van der Waals surface area contributed by atoms with Crippen LogP contribution >= 0.6 is 11.6 Å². The molecule has 0 spiro atoms. The number of rotatable bonds is 8. The van der Waals surface area contributed by atoms with Crippen LogP contribution in [0.5, 0.6) is 5.75 Å². The van der Waals surface area contributed by atoms with Crippen LogP contribution in [0.1, 0.15) is 70.7 Å². The normalized spacial score (nSPS) is 12.5. The molecule has 3 amide bonds. The smallest absolute Gasteiger partial charge is 0.408 e. The number of benzene rings is 2. The van der Waals surface area contributed by atoms with E-state index < -0.39 is 41.6 Å². The number of ether oxygens (including phenoxy) is 1. The minimum atomic E-state index is -1.22. The molecule has 0 saturated heterocycles. The van der Waals surface area contributed by atoms with E-state index in [0.717, 1.165) is 5.56 Å². The van der Waals surface area contributed by atoms with E-state index in [1.807, 2.05) is 33.8 Å². The fourth-order valence-corrected chi connectivity index (χ4v) is 4.10. The number of para-hydroxylation sites is 2. The van der Waals surface area contributed by atoms with E-state index in [0.29, 0.717) is 22.7 Å². The third-order valence-corrected chi connectivity index (χ3v) is 6.42. The zero-order valence-corrected chi connectivity index (χ0v) is 23.6. The van der Waals surface area contributed by atoms with Crippen LogP contribution in [0.25, 0.3) is 0 Å². The van der Waals surface area contributed by atoms with Gasteiger partial charge < -0.3 is 25.4 Å². The molecule has 2 aromatic rings. The number of carbonyl (C=O) groups is 3. The molecule has 0 fully saturated rings. The first kappa shape index (κ1) is 30.0. The van der Waals surface area contributed by atoms with Gasteiger partial charge in [-0.1, -0.05) is 48.9 Å². The van der Waals surface area contributed by atoms with Crippen LogP contribution in [0.4, 0.5) is 10.5 Å². The molecule has 0 aliphatic carbocycles. The molecule has 8 nitrogen and oxygen atoms in total. The van der Waals surface area contributed by atoms with Gasteiger partial charge in [0.25, 0.3) is 5.91 Å². The fraction of sp³-hybridized carbons (Fsp3) is 0.464. The van der Waals surface area contributed by atoms with Crippen molar-refractivity contribution in [1.29, 1.82) is 0 Å². The first-order chi connectivity index (χ1) is 17.1. The lowest BCUT2D eigenvalue weighted by Crippen LogP contribution is -2.55. The summed E-state index contributed by atoms with van der Waals surface area (Å²) in [5, 5.41) is 16.7. The number of aryl methyl sites for hydroxylation is 2. The number of amides is 3. The second kappa shape index (κ2) is 11.9. The van der Waals surface area contributed by atoms with E-state index in [2.05, 4.69) is 10.6 Å². The van der Waals surface area contributed by atoms with E-state index in [9.17, 15) is 19.5 Å². The third-order valence-electron chi connectivity index (χ3n) is 6.11. The molecule has 0 bridgehead atoms. The molecule has 0 saturated carbocycles. The number of carbonyl (C=O) groups excluding carboxylic acids is 3. The second-order valence-electron chi connectivity index (χ2n) is 10.6. The Bertz CT molecular complexity index is 1140. The van der Waals surface area contributed by atoms with E-state index in [-0.39, 0.29) is 11.3 Å². The molecule has 1 atom stereocenters. The average Bonchev–Trinajstić information content (AvgIpc) is 2.79. The maximum atomic E-state index is 13.9. The van der Waals surface area contributed by atoms with Crippen molar-refractivity contribution >= 4 is 35.2 Å². The van der Waals surface area contributed by atoms with Gasteiger partial charge in [0.05, 0.1) is 10.7 Å². The van der Waals surface area contributed by atoms with E-state index >= 15 is 0 Å². The molecular weight excluding hydrogens is 494 g/mol. The lowest BCUT2D eigenvalue weighted by Gasteiger charge is -2.43. The van der Waals surface area contributed by atoms with Gasteiger partial charge in [-0.3, -0.25) is 9.59 Å². The highest BCUT2D eigenvalue weighted by molar-refractivity contribution is 6.34. The molecule has 1 unspecified atom stereocenters. The number of alkyl carbamates (subject to hydrolysis) is 1. The Morgan fingerprint density at radius 3 is 2.19 bits per heavy atom. The molecule has 0 heterocycles. The number of hydrogen-bond acceptors (Lipinski definition) is 5. The summed E-state index contributed by atoms with van der Waals surface area (Å²) in [6.45, 7) is 13.8. The van der Waals surface area contributed by atoms with Gasteiger partial charge in [-0.05, 0) is 72.1 Å². The number of anilines is 1. The number of hydrogen-bond donors (Lipinski definition) is 3. The van der Waals surface area contributed by atoms with Gasteiger partial charge in [-0.15, -0.1) is 0 Å². The van der Waals surface area contributed by atoms with Crippen LogP contribution in [0.2, 0.25) is 5.02 Å². The SMILES string of the molecule is CCC(C)(C)N(C(=O)CNC(=O)OC(C)(C)C)C(C(=O)Nc1c(C)cccc1Cl)c1cccc(C)c1O. The molecule has 3 N–H and O–H groups in total. The van der Waals surface area contributed by atoms with E-state index in [1.54, 1.807) is 58.0 Å². The number of phenolic OH excluding ortho intramolecular Hbond substituents is 1. The summed E-state index contributed by atoms with van der Waals surface area (Å²) >= 11 is 6.37. The van der Waals surface area contributed by atoms with Crippen molar-refractivity contribution in [1.82, 2.24) is 10.2 Å². The number of aromatic hydroxyl groups is 1. The Hall–Kier alpha value is -3.26. The summed E-state index contributed by atoms with van der Waals surface area (Å²) in [7, 11) is 0. The zero-order valence-electron chi connectivity index (χ0n) is 22.9. The molecule has 202 valence electrons. The molecule has 2 aromatic carbocycles. The maximum Gasteiger partial charge on any atom is 0.408 e. The van der Waals surface area contributed by atoms with E-state index in [4.69, 9.17) is 16.3 Å². The Morgan fingerprint density at radius 2 is 1.62 bits per heavy atom. The largest absolute Gasteiger partial charge is 0.507 e. The average molecular weight is 532 g/mol. The molecule has 0 aromatic heterocycles. The number of nitrogens with zero attached hydrogens (tertiary/aromatic N) is 1. The summed E-state index contributed by atoms with van der Waals surface area (Å²) in [6, 6.07) is 9.06. The maximum absolute atomic E-state index is 13.9. The second-order valence-corrected chi connectivity index (χ2v) is 11.0. The first-order valence-electron chi connectivity index (χ1n) is 12.2. The Morgan fingerprint density at radius 1 is 1.03 bits per heavy atom. The zero-order chi connectivity index (χ0) is 28.1. The minimum absolute atomic E-state index is 0.0941. The topological polar surface area (TPSA) is 108 Å². The minimum Gasteiger partial charge on any atom is -0.507 e. The van der Waals surface area contributed by atoms with Crippen molar-refractivity contribution < 1.29 is 24.2 Å². The molecule has 0 aliphatic heterocycles. The quantitative estimate of drug-likeness (QED) is 0.394. The summed E-state index contributed by atoms with van der Waals surface area (Å²) in [5.41, 5.74) is 0.401. The highest BCUT2D eigenvalue weighted by Gasteiger charge is 2.41. The third kappa shape index (κ3) is 7.61. The monoisotopic (exact) mass is 531 g/mol. The highest BCUT2D eigenvalue weighted by atomic mass is 35.5. The van der Waals surface area contributed by atoms with Crippen LogP contribution in [0.15, 0.2) is 36.4 Å². The fourth-order valence-electron chi connectivity index (χ4n) is 3.83.